The van der Waals surface area contributed by atoms with E-state index in [0.29, 0.717) is 12.1 Å². The number of methoxy groups -OCH3 is 2. The summed E-state index contributed by atoms with van der Waals surface area (Å²) in [5, 5.41) is 2.66. The van der Waals surface area contributed by atoms with Gasteiger partial charge in [-0.3, -0.25) is 4.79 Å². The minimum Gasteiger partial charge on any atom is -0.465 e. The lowest BCUT2D eigenvalue weighted by molar-refractivity contribution is -0.116. The van der Waals surface area contributed by atoms with Gasteiger partial charge in [-0.2, -0.15) is 0 Å². The zero-order valence-electron chi connectivity index (χ0n) is 12.6. The number of carbonyl (C=O) groups is 3. The molecule has 1 aromatic carbocycles. The summed E-state index contributed by atoms with van der Waals surface area (Å²) in [6, 6.07) is 4.27. The van der Waals surface area contributed by atoms with Gasteiger partial charge in [-0.15, -0.1) is 0 Å². The number of hydrogen-bond donors (Lipinski definition) is 1. The summed E-state index contributed by atoms with van der Waals surface area (Å²) in [6.07, 6.45) is 0.343. The molecule has 1 N–H and O–H groups in total. The van der Waals surface area contributed by atoms with Crippen molar-refractivity contribution in [2.45, 2.75) is 20.3 Å². The molecule has 0 bridgehead atoms. The second-order valence-electron chi connectivity index (χ2n) is 4.93. The summed E-state index contributed by atoms with van der Waals surface area (Å²) < 4.78 is 9.25. The largest absolute Gasteiger partial charge is 0.465 e. The number of amides is 1. The monoisotopic (exact) mass is 293 g/mol. The van der Waals surface area contributed by atoms with Crippen LogP contribution in [0.3, 0.4) is 0 Å². The maximum atomic E-state index is 11.8. The Morgan fingerprint density at radius 2 is 1.48 bits per heavy atom. The molecule has 0 aliphatic carbocycles. The van der Waals surface area contributed by atoms with Crippen LogP contribution in [0.15, 0.2) is 18.2 Å². The van der Waals surface area contributed by atoms with Gasteiger partial charge in [0.2, 0.25) is 5.91 Å². The molecule has 0 aliphatic rings. The van der Waals surface area contributed by atoms with E-state index in [1.54, 1.807) is 0 Å². The van der Waals surface area contributed by atoms with Crippen molar-refractivity contribution < 1.29 is 23.9 Å². The van der Waals surface area contributed by atoms with Gasteiger partial charge < -0.3 is 14.8 Å². The molecule has 1 aromatic rings. The Morgan fingerprint density at radius 1 is 1.00 bits per heavy atom. The van der Waals surface area contributed by atoms with Crippen LogP contribution in [0.25, 0.3) is 0 Å². The van der Waals surface area contributed by atoms with Gasteiger partial charge in [-0.25, -0.2) is 9.59 Å². The molecule has 0 fully saturated rings. The van der Waals surface area contributed by atoms with Crippen LogP contribution in [0.1, 0.15) is 41.0 Å². The maximum Gasteiger partial charge on any atom is 0.337 e. The van der Waals surface area contributed by atoms with Crippen molar-refractivity contribution in [3.8, 4) is 0 Å². The molecule has 0 aliphatic heterocycles. The molecular weight excluding hydrogens is 274 g/mol. The Kier molecular flexibility index (Phi) is 5.90. The number of carbonyl (C=O) groups excluding carboxylic acids is 3. The molecular formula is C15H19NO5. The second-order valence-corrected chi connectivity index (χ2v) is 4.93. The normalized spacial score (nSPS) is 10.1. The maximum absolute atomic E-state index is 11.8. The standard InChI is InChI=1S/C15H19NO5/c1-9(2)5-13(17)16-12-7-10(14(18)20-3)6-11(8-12)15(19)21-4/h6-9H,5H2,1-4H3,(H,16,17). The van der Waals surface area contributed by atoms with E-state index >= 15 is 0 Å². The molecule has 0 aromatic heterocycles. The van der Waals surface area contributed by atoms with Crippen molar-refractivity contribution in [1.82, 2.24) is 0 Å². The van der Waals surface area contributed by atoms with Gasteiger partial charge in [0.05, 0.1) is 25.3 Å². The second kappa shape index (κ2) is 7.42. The van der Waals surface area contributed by atoms with Gasteiger partial charge in [0.1, 0.15) is 0 Å². The topological polar surface area (TPSA) is 81.7 Å². The number of rotatable bonds is 5. The number of anilines is 1. The van der Waals surface area contributed by atoms with Crippen molar-refractivity contribution >= 4 is 23.5 Å². The van der Waals surface area contributed by atoms with Crippen molar-refractivity contribution in [3.05, 3.63) is 29.3 Å². The van der Waals surface area contributed by atoms with Gasteiger partial charge >= 0.3 is 11.9 Å². The SMILES string of the molecule is COC(=O)c1cc(NC(=O)CC(C)C)cc(C(=O)OC)c1. The van der Waals surface area contributed by atoms with Gasteiger partial charge in [-0.05, 0) is 24.1 Å². The minimum absolute atomic E-state index is 0.167. The lowest BCUT2D eigenvalue weighted by Crippen LogP contribution is -2.15. The molecule has 6 nitrogen and oxygen atoms in total. The van der Waals surface area contributed by atoms with Crippen molar-refractivity contribution in [2.75, 3.05) is 19.5 Å². The van der Waals surface area contributed by atoms with E-state index in [-0.39, 0.29) is 23.0 Å². The molecule has 0 atom stereocenters. The van der Waals surface area contributed by atoms with Gasteiger partial charge in [0.15, 0.2) is 0 Å². The Bertz CT molecular complexity index is 517. The molecule has 21 heavy (non-hydrogen) atoms. The zero-order chi connectivity index (χ0) is 16.0. The smallest absolute Gasteiger partial charge is 0.337 e. The predicted molar refractivity (Wildman–Crippen MR) is 77.2 cm³/mol. The first-order valence-corrected chi connectivity index (χ1v) is 6.49. The summed E-state index contributed by atoms with van der Waals surface area (Å²) in [7, 11) is 2.48. The summed E-state index contributed by atoms with van der Waals surface area (Å²) in [5.41, 5.74) is 0.685. The van der Waals surface area contributed by atoms with Gasteiger partial charge in [0, 0.05) is 12.1 Å². The molecule has 0 heterocycles. The fraction of sp³-hybridized carbons (Fsp3) is 0.400. The van der Waals surface area contributed by atoms with E-state index in [9.17, 15) is 14.4 Å². The minimum atomic E-state index is -0.597. The van der Waals surface area contributed by atoms with Crippen molar-refractivity contribution in [1.29, 1.82) is 0 Å². The third-order valence-corrected chi connectivity index (χ3v) is 2.65. The molecule has 0 unspecified atom stereocenters. The highest BCUT2D eigenvalue weighted by Gasteiger charge is 2.15. The third kappa shape index (κ3) is 4.91. The highest BCUT2D eigenvalue weighted by molar-refractivity contribution is 5.99. The fourth-order valence-corrected chi connectivity index (χ4v) is 1.75. The fourth-order valence-electron chi connectivity index (χ4n) is 1.75. The molecule has 0 saturated carbocycles. The van der Waals surface area contributed by atoms with Crippen LogP contribution < -0.4 is 5.32 Å². The van der Waals surface area contributed by atoms with E-state index in [4.69, 9.17) is 0 Å². The van der Waals surface area contributed by atoms with Crippen LogP contribution in [0, 0.1) is 5.92 Å². The van der Waals surface area contributed by atoms with Crippen LogP contribution in [-0.2, 0) is 14.3 Å². The summed E-state index contributed by atoms with van der Waals surface area (Å²) in [4.78, 5) is 35.0. The average molecular weight is 293 g/mol. The number of ether oxygens (including phenoxy) is 2. The molecule has 6 heteroatoms. The first kappa shape index (κ1) is 16.7. The molecule has 1 amide bonds. The van der Waals surface area contributed by atoms with Gasteiger partial charge in [-0.1, -0.05) is 13.8 Å². The lowest BCUT2D eigenvalue weighted by atomic mass is 10.1. The highest BCUT2D eigenvalue weighted by Crippen LogP contribution is 2.17. The summed E-state index contributed by atoms with van der Waals surface area (Å²) >= 11 is 0. The first-order valence-electron chi connectivity index (χ1n) is 6.49. The van der Waals surface area contributed by atoms with Crippen LogP contribution >= 0.6 is 0 Å². The van der Waals surface area contributed by atoms with Crippen LogP contribution in [0.2, 0.25) is 0 Å². The first-order chi connectivity index (χ1) is 9.87. The van der Waals surface area contributed by atoms with Crippen LogP contribution in [0.5, 0.6) is 0 Å². The van der Waals surface area contributed by atoms with Crippen LogP contribution in [0.4, 0.5) is 5.69 Å². The van der Waals surface area contributed by atoms with E-state index in [1.165, 1.54) is 32.4 Å². The Hall–Kier alpha value is -2.37. The van der Waals surface area contributed by atoms with Crippen molar-refractivity contribution in [3.63, 3.8) is 0 Å². The highest BCUT2D eigenvalue weighted by atomic mass is 16.5. The van der Waals surface area contributed by atoms with Crippen LogP contribution in [-0.4, -0.2) is 32.1 Å². The van der Waals surface area contributed by atoms with E-state index in [0.717, 1.165) is 0 Å². The quantitative estimate of drug-likeness (QED) is 0.842. The van der Waals surface area contributed by atoms with E-state index < -0.39 is 11.9 Å². The number of benzene rings is 1. The molecule has 0 radical (unpaired) electrons. The zero-order valence-corrected chi connectivity index (χ0v) is 12.6. The number of nitrogens with one attached hydrogen (secondary N) is 1. The Labute approximate surface area is 123 Å². The number of esters is 2. The average Bonchev–Trinajstić information content (AvgIpc) is 2.44. The predicted octanol–water partition coefficient (Wildman–Crippen LogP) is 2.24. The molecule has 0 spiro atoms. The number of hydrogen-bond acceptors (Lipinski definition) is 5. The van der Waals surface area contributed by atoms with E-state index in [2.05, 4.69) is 14.8 Å². The third-order valence-electron chi connectivity index (χ3n) is 2.65. The van der Waals surface area contributed by atoms with Gasteiger partial charge in [0.25, 0.3) is 0 Å². The van der Waals surface area contributed by atoms with Crippen molar-refractivity contribution in [2.24, 2.45) is 5.92 Å². The molecule has 0 saturated heterocycles. The lowest BCUT2D eigenvalue weighted by Gasteiger charge is -2.10. The molecule has 1 rings (SSSR count). The summed E-state index contributed by atoms with van der Waals surface area (Å²) in [6.45, 7) is 3.84. The molecule has 114 valence electrons. The summed E-state index contributed by atoms with van der Waals surface area (Å²) in [5.74, 6) is -1.18. The van der Waals surface area contributed by atoms with E-state index in [1.807, 2.05) is 13.8 Å². The Morgan fingerprint density at radius 3 is 1.86 bits per heavy atom. The Balaban J connectivity index is 3.10.